The van der Waals surface area contributed by atoms with Crippen LogP contribution in [0.3, 0.4) is 0 Å². The van der Waals surface area contributed by atoms with Crippen molar-refractivity contribution >= 4 is 20.9 Å². The molecule has 1 aromatic heterocycles. The van der Waals surface area contributed by atoms with Gasteiger partial charge in [-0.1, -0.05) is 30.3 Å². The molecule has 1 unspecified atom stereocenters. The fourth-order valence-corrected chi connectivity index (χ4v) is 5.57. The van der Waals surface area contributed by atoms with E-state index >= 15 is 4.39 Å². The minimum Gasteiger partial charge on any atom is -0.493 e. The molecule has 9 heteroatoms. The zero-order chi connectivity index (χ0) is 25.7. The smallest absolute Gasteiger partial charge is 0.220 e. The van der Waals surface area contributed by atoms with Crippen molar-refractivity contribution in [2.45, 2.75) is 24.5 Å². The number of benzene rings is 2. The fraction of sp³-hybridized carbons (Fsp3) is 0.296. The van der Waals surface area contributed by atoms with Crippen LogP contribution >= 0.6 is 0 Å². The zero-order valence-corrected chi connectivity index (χ0v) is 21.3. The average Bonchev–Trinajstić information content (AvgIpc) is 2.89. The van der Waals surface area contributed by atoms with Crippen molar-refractivity contribution in [2.75, 3.05) is 27.8 Å². The molecule has 36 heavy (non-hydrogen) atoms. The third-order valence-electron chi connectivity index (χ3n) is 6.13. The largest absolute Gasteiger partial charge is 0.493 e. The van der Waals surface area contributed by atoms with E-state index in [4.69, 9.17) is 14.2 Å². The van der Waals surface area contributed by atoms with Gasteiger partial charge in [0.25, 0.3) is 0 Å². The molecule has 1 aliphatic rings. The lowest BCUT2D eigenvalue weighted by atomic mass is 10.1. The summed E-state index contributed by atoms with van der Waals surface area (Å²) in [6.45, 7) is 0.352. The molecular weight excluding hydrogens is 483 g/mol. The van der Waals surface area contributed by atoms with E-state index in [1.165, 1.54) is 31.6 Å². The first-order valence-electron chi connectivity index (χ1n) is 11.6. The van der Waals surface area contributed by atoms with E-state index in [2.05, 4.69) is 4.98 Å². The Morgan fingerprint density at radius 3 is 2.47 bits per heavy atom. The molecule has 1 heterocycles. The van der Waals surface area contributed by atoms with Gasteiger partial charge in [-0.05, 0) is 49.1 Å². The van der Waals surface area contributed by atoms with E-state index in [1.54, 1.807) is 24.4 Å². The number of aromatic nitrogens is 1. The molecule has 1 aliphatic carbocycles. The van der Waals surface area contributed by atoms with Crippen molar-refractivity contribution in [3.63, 3.8) is 0 Å². The summed E-state index contributed by atoms with van der Waals surface area (Å²) in [6.07, 6.45) is 5.69. The highest BCUT2D eigenvalue weighted by atomic mass is 32.2. The molecular formula is C27H29FN2O5S. The number of fused-ring (bicyclic) bond motifs is 1. The number of pyridine rings is 1. The monoisotopic (exact) mass is 512 g/mol. The minimum atomic E-state index is -3.72. The molecule has 0 bridgehead atoms. The van der Waals surface area contributed by atoms with Gasteiger partial charge in [0.1, 0.15) is 11.0 Å². The SMILES string of the molecule is COc1cc2nccc(OC3=CCC(S(=O)(=O)N(C)CCCc4ccccc4)C=C3F)c2cc1OC. The van der Waals surface area contributed by atoms with Crippen LogP contribution in [0.1, 0.15) is 18.4 Å². The van der Waals surface area contributed by atoms with Gasteiger partial charge < -0.3 is 14.2 Å². The molecule has 0 amide bonds. The van der Waals surface area contributed by atoms with Gasteiger partial charge in [-0.25, -0.2) is 17.1 Å². The Balaban J connectivity index is 1.45. The quantitative estimate of drug-likeness (QED) is 0.379. The molecule has 2 aromatic carbocycles. The maximum Gasteiger partial charge on any atom is 0.220 e. The first-order chi connectivity index (χ1) is 17.3. The van der Waals surface area contributed by atoms with Crippen LogP contribution in [0, 0.1) is 0 Å². The number of hydrogen-bond donors (Lipinski definition) is 0. The van der Waals surface area contributed by atoms with Crippen LogP contribution in [0.4, 0.5) is 4.39 Å². The number of aryl methyl sites for hydroxylation is 1. The normalized spacial score (nSPS) is 16.0. The third kappa shape index (κ3) is 5.52. The highest BCUT2D eigenvalue weighted by Crippen LogP contribution is 2.37. The Labute approximate surface area is 210 Å². The summed E-state index contributed by atoms with van der Waals surface area (Å²) in [5.74, 6) is 0.611. The predicted octanol–water partition coefficient (Wildman–Crippen LogP) is 5.03. The van der Waals surface area contributed by atoms with Crippen LogP contribution in [0.15, 0.2) is 78.5 Å². The van der Waals surface area contributed by atoms with Crippen LogP contribution in [0.5, 0.6) is 17.2 Å². The lowest BCUT2D eigenvalue weighted by Crippen LogP contribution is -2.36. The van der Waals surface area contributed by atoms with Crippen molar-refractivity contribution < 1.29 is 27.0 Å². The number of hydrogen-bond acceptors (Lipinski definition) is 6. The summed E-state index contributed by atoms with van der Waals surface area (Å²) in [7, 11) is 0.863. The highest BCUT2D eigenvalue weighted by Gasteiger charge is 2.31. The maximum absolute atomic E-state index is 15.0. The molecule has 0 aliphatic heterocycles. The number of nitrogens with zero attached hydrogens (tertiary/aromatic N) is 2. The number of methoxy groups -OCH3 is 2. The summed E-state index contributed by atoms with van der Waals surface area (Å²) < 4.78 is 59.0. The van der Waals surface area contributed by atoms with Gasteiger partial charge in [-0.2, -0.15) is 0 Å². The molecule has 3 aromatic rings. The Hall–Kier alpha value is -3.43. The first kappa shape index (κ1) is 25.7. The van der Waals surface area contributed by atoms with E-state index in [0.717, 1.165) is 18.1 Å². The molecule has 4 rings (SSSR count). The van der Waals surface area contributed by atoms with Crippen molar-refractivity contribution in [1.29, 1.82) is 0 Å². The molecule has 0 spiro atoms. The van der Waals surface area contributed by atoms with E-state index < -0.39 is 21.1 Å². The Bertz CT molecular complexity index is 1390. The van der Waals surface area contributed by atoms with Crippen molar-refractivity contribution in [3.8, 4) is 17.2 Å². The zero-order valence-electron chi connectivity index (χ0n) is 20.5. The van der Waals surface area contributed by atoms with Gasteiger partial charge in [0.15, 0.2) is 23.1 Å². The average molecular weight is 513 g/mol. The summed E-state index contributed by atoms with van der Waals surface area (Å²) >= 11 is 0. The molecule has 0 saturated heterocycles. The number of sulfonamides is 1. The lowest BCUT2D eigenvalue weighted by molar-refractivity contribution is 0.355. The summed E-state index contributed by atoms with van der Waals surface area (Å²) in [5.41, 5.74) is 1.74. The van der Waals surface area contributed by atoms with Crippen LogP contribution < -0.4 is 14.2 Å². The minimum absolute atomic E-state index is 0.0320. The van der Waals surface area contributed by atoms with Crippen LogP contribution in [0.2, 0.25) is 0 Å². The van der Waals surface area contributed by atoms with Gasteiger partial charge in [-0.15, -0.1) is 0 Å². The van der Waals surface area contributed by atoms with E-state index in [9.17, 15) is 8.42 Å². The van der Waals surface area contributed by atoms with Crippen LogP contribution in [-0.4, -0.2) is 50.8 Å². The molecule has 1 atom stereocenters. The predicted molar refractivity (Wildman–Crippen MR) is 137 cm³/mol. The highest BCUT2D eigenvalue weighted by molar-refractivity contribution is 7.89. The second-order valence-electron chi connectivity index (χ2n) is 8.45. The number of allylic oxidation sites excluding steroid dienone is 2. The third-order valence-corrected chi connectivity index (χ3v) is 8.27. The maximum atomic E-state index is 15.0. The van der Waals surface area contributed by atoms with Gasteiger partial charge in [0, 0.05) is 31.2 Å². The summed E-state index contributed by atoms with van der Waals surface area (Å²) in [4.78, 5) is 4.32. The van der Waals surface area contributed by atoms with E-state index in [0.29, 0.717) is 41.1 Å². The van der Waals surface area contributed by atoms with Crippen LogP contribution in [-0.2, 0) is 16.4 Å². The van der Waals surface area contributed by atoms with Gasteiger partial charge in [-0.3, -0.25) is 4.98 Å². The Morgan fingerprint density at radius 1 is 1.06 bits per heavy atom. The molecule has 0 radical (unpaired) electrons. The second kappa shape index (κ2) is 11.1. The van der Waals surface area contributed by atoms with Gasteiger partial charge in [0.2, 0.25) is 10.0 Å². The van der Waals surface area contributed by atoms with Crippen molar-refractivity contribution in [2.24, 2.45) is 0 Å². The van der Waals surface area contributed by atoms with Gasteiger partial charge >= 0.3 is 0 Å². The van der Waals surface area contributed by atoms with E-state index in [-0.39, 0.29) is 12.2 Å². The standard InChI is InChI=1S/C27H29FN2O5S/c1-30(15-7-10-19-8-5-4-6-9-19)36(31,32)20-11-12-25(22(28)16-20)35-24-13-14-29-23-18-27(34-3)26(33-2)17-21(23)24/h4-6,8-9,12-14,16-18,20H,7,10-11,15H2,1-3H3. The fourth-order valence-electron chi connectivity index (χ4n) is 4.10. The van der Waals surface area contributed by atoms with E-state index in [1.807, 2.05) is 30.3 Å². The molecule has 7 nitrogen and oxygen atoms in total. The molecule has 0 fully saturated rings. The number of ether oxygens (including phenoxy) is 3. The Morgan fingerprint density at radius 2 is 1.78 bits per heavy atom. The van der Waals surface area contributed by atoms with Crippen LogP contribution in [0.25, 0.3) is 10.9 Å². The van der Waals surface area contributed by atoms with Gasteiger partial charge in [0.05, 0.1) is 19.7 Å². The Kier molecular flexibility index (Phi) is 7.91. The summed E-state index contributed by atoms with van der Waals surface area (Å²) in [5, 5.41) is -0.387. The second-order valence-corrected chi connectivity index (χ2v) is 10.7. The number of halogens is 1. The number of rotatable bonds is 10. The molecule has 0 saturated carbocycles. The lowest BCUT2D eigenvalue weighted by Gasteiger charge is -2.24. The van der Waals surface area contributed by atoms with Crippen molar-refractivity contribution in [3.05, 3.63) is 84.0 Å². The summed E-state index contributed by atoms with van der Waals surface area (Å²) in [6, 6.07) is 14.9. The first-order valence-corrected chi connectivity index (χ1v) is 13.1. The molecule has 0 N–H and O–H groups in total. The molecule has 190 valence electrons. The van der Waals surface area contributed by atoms with Crippen molar-refractivity contribution in [1.82, 2.24) is 9.29 Å². The topological polar surface area (TPSA) is 78.0 Å².